The maximum absolute atomic E-state index is 12.3. The number of carbonyl (C=O) groups is 2. The highest BCUT2D eigenvalue weighted by molar-refractivity contribution is 8.06. The summed E-state index contributed by atoms with van der Waals surface area (Å²) < 4.78 is 5.25. The third kappa shape index (κ3) is 4.43. The Balaban J connectivity index is 1.87. The van der Waals surface area contributed by atoms with Gasteiger partial charge in [0.1, 0.15) is 5.92 Å². The number of hydrogen-bond donors (Lipinski definition) is 2. The third-order valence-electron chi connectivity index (χ3n) is 3.74. The summed E-state index contributed by atoms with van der Waals surface area (Å²) >= 11 is 3.80. The Bertz CT molecular complexity index is 377. The lowest BCUT2D eigenvalue weighted by Crippen LogP contribution is -2.51. The summed E-state index contributed by atoms with van der Waals surface area (Å²) in [6.07, 6.45) is 0. The average molecular weight is 334 g/mol. The molecule has 2 aliphatic heterocycles. The molecular weight excluding hydrogens is 312 g/mol. The first-order valence-electron chi connectivity index (χ1n) is 7.17. The van der Waals surface area contributed by atoms with Crippen molar-refractivity contribution in [3.05, 3.63) is 0 Å². The summed E-state index contributed by atoms with van der Waals surface area (Å²) in [4.78, 5) is 25.1. The Morgan fingerprint density at radius 3 is 2.81 bits per heavy atom. The number of hydrogen-bond acceptors (Lipinski definition) is 5. The molecule has 21 heavy (non-hydrogen) atoms. The number of thioether (sulfide) groups is 2. The number of likely N-dealkylation sites (N-methyl/N-ethyl adjacent to an activating group) is 1. The maximum atomic E-state index is 12.3. The van der Waals surface area contributed by atoms with E-state index in [0.717, 1.165) is 11.5 Å². The molecule has 2 fully saturated rings. The molecule has 0 aliphatic carbocycles. The van der Waals surface area contributed by atoms with E-state index in [4.69, 9.17) is 4.74 Å². The van der Waals surface area contributed by atoms with Crippen LogP contribution in [0.3, 0.4) is 0 Å². The van der Waals surface area contributed by atoms with Crippen LogP contribution in [0.25, 0.3) is 0 Å². The van der Waals surface area contributed by atoms with Crippen LogP contribution in [-0.2, 0) is 9.53 Å². The number of amides is 2. The Hall–Kier alpha value is -0.600. The molecule has 0 aromatic rings. The molecule has 2 aliphatic rings. The van der Waals surface area contributed by atoms with Gasteiger partial charge in [-0.25, -0.2) is 4.79 Å². The van der Waals surface area contributed by atoms with E-state index in [-0.39, 0.29) is 18.7 Å². The Morgan fingerprint density at radius 1 is 1.38 bits per heavy atom. The number of carboxylic acid groups (broad SMARTS) is 1. The van der Waals surface area contributed by atoms with Crippen LogP contribution in [0, 0.1) is 5.92 Å². The molecule has 3 unspecified atom stereocenters. The van der Waals surface area contributed by atoms with Crippen molar-refractivity contribution in [2.75, 3.05) is 43.6 Å². The predicted octanol–water partition coefficient (Wildman–Crippen LogP) is 0.966. The van der Waals surface area contributed by atoms with Gasteiger partial charge in [0.2, 0.25) is 0 Å². The first-order valence-corrected chi connectivity index (χ1v) is 9.38. The highest BCUT2D eigenvalue weighted by Gasteiger charge is 2.39. The van der Waals surface area contributed by atoms with Crippen molar-refractivity contribution < 1.29 is 19.4 Å². The fraction of sp³-hybridized carbons (Fsp3) is 0.846. The molecule has 3 atom stereocenters. The molecule has 0 saturated carbocycles. The van der Waals surface area contributed by atoms with Crippen LogP contribution < -0.4 is 5.32 Å². The summed E-state index contributed by atoms with van der Waals surface area (Å²) in [5.41, 5.74) is 0. The molecule has 0 spiro atoms. The third-order valence-corrected chi connectivity index (χ3v) is 6.58. The van der Waals surface area contributed by atoms with Gasteiger partial charge < -0.3 is 20.1 Å². The molecule has 0 aromatic carbocycles. The van der Waals surface area contributed by atoms with Gasteiger partial charge in [-0.05, 0) is 6.92 Å². The summed E-state index contributed by atoms with van der Waals surface area (Å²) in [7, 11) is 0. The highest BCUT2D eigenvalue weighted by atomic mass is 32.2. The zero-order valence-corrected chi connectivity index (χ0v) is 13.8. The summed E-state index contributed by atoms with van der Waals surface area (Å²) in [5, 5.41) is 12.6. The lowest BCUT2D eigenvalue weighted by molar-refractivity contribution is -0.142. The second kappa shape index (κ2) is 8.14. The predicted molar refractivity (Wildman–Crippen MR) is 85.1 cm³/mol. The van der Waals surface area contributed by atoms with Gasteiger partial charge in [0.15, 0.2) is 0 Å². The number of carboxylic acids is 1. The molecule has 2 amide bonds. The van der Waals surface area contributed by atoms with Crippen molar-refractivity contribution in [1.82, 2.24) is 10.2 Å². The minimum atomic E-state index is -0.900. The maximum Gasteiger partial charge on any atom is 0.317 e. The van der Waals surface area contributed by atoms with Gasteiger partial charge in [-0.1, -0.05) is 0 Å². The van der Waals surface area contributed by atoms with E-state index in [2.05, 4.69) is 5.32 Å². The van der Waals surface area contributed by atoms with Crippen LogP contribution in [0.2, 0.25) is 0 Å². The van der Waals surface area contributed by atoms with Gasteiger partial charge in [-0.3, -0.25) is 4.79 Å². The van der Waals surface area contributed by atoms with Crippen molar-refractivity contribution >= 4 is 35.5 Å². The van der Waals surface area contributed by atoms with Crippen molar-refractivity contribution in [3.63, 3.8) is 0 Å². The van der Waals surface area contributed by atoms with Crippen LogP contribution in [0.1, 0.15) is 6.92 Å². The number of urea groups is 1. The lowest BCUT2D eigenvalue weighted by atomic mass is 10.0. The Kier molecular flexibility index (Phi) is 6.50. The number of nitrogens with zero attached hydrogens (tertiary/aromatic N) is 1. The molecule has 0 bridgehead atoms. The molecular formula is C13H22N2O4S2. The number of aliphatic carboxylic acids is 1. The Morgan fingerprint density at radius 2 is 2.19 bits per heavy atom. The van der Waals surface area contributed by atoms with E-state index in [1.807, 2.05) is 30.4 Å². The molecule has 0 radical (unpaired) electrons. The lowest BCUT2D eigenvalue weighted by Gasteiger charge is -2.30. The minimum Gasteiger partial charge on any atom is -0.481 e. The fourth-order valence-corrected chi connectivity index (χ4v) is 5.18. The topological polar surface area (TPSA) is 78.9 Å². The Labute approximate surface area is 133 Å². The second-order valence-corrected chi connectivity index (χ2v) is 7.65. The van der Waals surface area contributed by atoms with Crippen LogP contribution in [0.4, 0.5) is 4.79 Å². The summed E-state index contributed by atoms with van der Waals surface area (Å²) in [6.45, 7) is 3.46. The van der Waals surface area contributed by atoms with E-state index in [1.165, 1.54) is 5.75 Å². The highest BCUT2D eigenvalue weighted by Crippen LogP contribution is 2.24. The van der Waals surface area contributed by atoms with E-state index in [0.29, 0.717) is 24.9 Å². The summed E-state index contributed by atoms with van der Waals surface area (Å²) in [5.74, 6) is 1.83. The summed E-state index contributed by atoms with van der Waals surface area (Å²) in [6, 6.07) is -0.559. The first-order chi connectivity index (χ1) is 10.1. The fourth-order valence-electron chi connectivity index (χ4n) is 2.57. The van der Waals surface area contributed by atoms with Crippen LogP contribution in [0.15, 0.2) is 0 Å². The number of rotatable bonds is 5. The van der Waals surface area contributed by atoms with Crippen molar-refractivity contribution in [3.8, 4) is 0 Å². The molecule has 2 heterocycles. The van der Waals surface area contributed by atoms with Crippen molar-refractivity contribution in [2.24, 2.45) is 5.92 Å². The molecule has 8 heteroatoms. The molecule has 6 nitrogen and oxygen atoms in total. The van der Waals surface area contributed by atoms with E-state index in [9.17, 15) is 14.7 Å². The largest absolute Gasteiger partial charge is 0.481 e. The number of nitrogens with one attached hydrogen (secondary N) is 1. The quantitative estimate of drug-likeness (QED) is 0.780. The first kappa shape index (κ1) is 16.8. The van der Waals surface area contributed by atoms with Crippen molar-refractivity contribution in [1.29, 1.82) is 0 Å². The van der Waals surface area contributed by atoms with Crippen LogP contribution in [-0.4, -0.2) is 76.9 Å². The normalized spacial score (nSPS) is 29.1. The zero-order chi connectivity index (χ0) is 15.2. The van der Waals surface area contributed by atoms with E-state index < -0.39 is 11.9 Å². The molecule has 120 valence electrons. The van der Waals surface area contributed by atoms with Crippen molar-refractivity contribution in [2.45, 2.75) is 18.2 Å². The van der Waals surface area contributed by atoms with E-state index in [1.54, 1.807) is 4.90 Å². The van der Waals surface area contributed by atoms with Gasteiger partial charge >= 0.3 is 12.0 Å². The molecule has 2 rings (SSSR count). The molecule has 0 aromatic heterocycles. The van der Waals surface area contributed by atoms with Crippen LogP contribution >= 0.6 is 23.5 Å². The van der Waals surface area contributed by atoms with Gasteiger partial charge in [-0.15, -0.1) is 0 Å². The van der Waals surface area contributed by atoms with Gasteiger partial charge in [0.25, 0.3) is 0 Å². The molecule has 2 saturated heterocycles. The van der Waals surface area contributed by atoms with Gasteiger partial charge in [0, 0.05) is 35.6 Å². The average Bonchev–Trinajstić information content (AvgIpc) is 2.96. The zero-order valence-electron chi connectivity index (χ0n) is 12.1. The minimum absolute atomic E-state index is 0.179. The molecule has 2 N–H and O–H groups in total. The van der Waals surface area contributed by atoms with Gasteiger partial charge in [-0.2, -0.15) is 23.5 Å². The number of ether oxygens (including phenoxy) is 1. The number of carbonyl (C=O) groups excluding carboxylic acids is 1. The van der Waals surface area contributed by atoms with Gasteiger partial charge in [0.05, 0.1) is 19.3 Å². The monoisotopic (exact) mass is 334 g/mol. The second-order valence-electron chi connectivity index (χ2n) is 5.09. The standard InChI is InChI=1S/C13H22N2O4S2/c1-2-15(11-7-19-6-10(11)12(16)17)13(18)14-5-9-8-20-3-4-21-9/h9-11H,2-8H2,1H3,(H,14,18)(H,16,17). The smallest absolute Gasteiger partial charge is 0.317 e. The van der Waals surface area contributed by atoms with Crippen LogP contribution in [0.5, 0.6) is 0 Å². The SMILES string of the molecule is CCN(C(=O)NCC1CSCCS1)C1COCC1C(=O)O. The van der Waals surface area contributed by atoms with E-state index >= 15 is 0 Å².